The number of para-hydroxylation sites is 2. The van der Waals surface area contributed by atoms with E-state index in [9.17, 15) is 22.8 Å². The number of fused-ring (bicyclic) bond motifs is 4. The fourth-order valence-corrected chi connectivity index (χ4v) is 6.17. The Labute approximate surface area is 227 Å². The van der Waals surface area contributed by atoms with Gasteiger partial charge < -0.3 is 13.4 Å². The first kappa shape index (κ1) is 26.8. The molecule has 198 valence electrons. The number of benzene rings is 4. The average Bonchev–Trinajstić information content (AvgIpc) is 2.89. The van der Waals surface area contributed by atoms with Gasteiger partial charge in [0.25, 0.3) is 0 Å². The summed E-state index contributed by atoms with van der Waals surface area (Å²) in [6.07, 6.45) is 0. The monoisotopic (exact) mass is 666 g/mol. The van der Waals surface area contributed by atoms with Crippen LogP contribution < -0.4 is 32.1 Å². The molecular weight excluding hydrogens is 652 g/mol. The highest BCUT2D eigenvalue weighted by molar-refractivity contribution is 7.86. The van der Waals surface area contributed by atoms with Crippen molar-refractivity contribution >= 4 is 54.0 Å². The molecule has 0 unspecified atom stereocenters. The Morgan fingerprint density at radius 2 is 0.974 bits per heavy atom. The zero-order valence-corrected chi connectivity index (χ0v) is 22.3. The largest absolute Gasteiger partial charge is 0.741 e. The molecule has 0 saturated carbocycles. The summed E-state index contributed by atoms with van der Waals surface area (Å²) in [5.74, 6) is 0. The summed E-state index contributed by atoms with van der Waals surface area (Å²) >= 11 is -0.596. The summed E-state index contributed by atoms with van der Waals surface area (Å²) in [5.41, 5.74) is -3.33. The zero-order valence-electron chi connectivity index (χ0n) is 19.4. The van der Waals surface area contributed by atoms with Crippen molar-refractivity contribution in [3.8, 4) is 0 Å². The van der Waals surface area contributed by atoms with E-state index in [-0.39, 0.29) is 10.9 Å². The predicted octanol–water partition coefficient (Wildman–Crippen LogP) is 2.39. The molecule has 12 heteroatoms. The van der Waals surface area contributed by atoms with Crippen molar-refractivity contribution in [1.29, 1.82) is 0 Å². The fraction of sp³-hybridized carbons (Fsp3) is 0.0370. The maximum Gasteiger partial charge on any atom is 0.485 e. The van der Waals surface area contributed by atoms with E-state index in [4.69, 9.17) is 21.8 Å². The molecule has 4 aromatic carbocycles. The standard InChI is InChI=1S/C26H14IO4.CHF3O3S/c28-25-17-5-1-3-7-21(17)30-23-11-9-15(13-19(23)25)27-16-10-12-24-20(14-16)26(29)18-6-2-4-8-22(18)31-24;2-1(3,4)8(5,6)7/h1-14H;(H,5,6,7)/q+1;/p-1. The van der Waals surface area contributed by atoms with Crippen LogP contribution in [-0.2, 0) is 10.1 Å². The molecule has 6 rings (SSSR count). The molecule has 7 nitrogen and oxygen atoms in total. The summed E-state index contributed by atoms with van der Waals surface area (Å²) in [6.45, 7) is 0. The topological polar surface area (TPSA) is 118 Å². The average molecular weight is 666 g/mol. The molecule has 0 bridgehead atoms. The first-order valence-corrected chi connectivity index (χ1v) is 14.6. The zero-order chi connectivity index (χ0) is 27.9. The van der Waals surface area contributed by atoms with Crippen molar-refractivity contribution in [3.05, 3.63) is 113 Å². The Morgan fingerprint density at radius 1 is 0.615 bits per heavy atom. The molecule has 0 spiro atoms. The first-order valence-electron chi connectivity index (χ1n) is 11.0. The number of hydrogen-bond donors (Lipinski definition) is 0. The second kappa shape index (κ2) is 10.1. The fourth-order valence-electron chi connectivity index (χ4n) is 3.79. The van der Waals surface area contributed by atoms with E-state index in [2.05, 4.69) is 0 Å². The van der Waals surface area contributed by atoms with Gasteiger partial charge in [-0.2, -0.15) is 13.2 Å². The molecule has 0 aliphatic rings. The molecule has 2 aromatic heterocycles. The molecule has 39 heavy (non-hydrogen) atoms. The van der Waals surface area contributed by atoms with Gasteiger partial charge in [0.15, 0.2) is 17.3 Å². The Balaban J connectivity index is 0.000000339. The normalized spacial score (nSPS) is 12.1. The summed E-state index contributed by atoms with van der Waals surface area (Å²) in [4.78, 5) is 25.9. The minimum Gasteiger partial charge on any atom is -0.741 e. The Morgan fingerprint density at radius 3 is 1.36 bits per heavy atom. The van der Waals surface area contributed by atoms with Crippen molar-refractivity contribution in [2.24, 2.45) is 0 Å². The van der Waals surface area contributed by atoms with E-state index in [1.165, 1.54) is 0 Å². The van der Waals surface area contributed by atoms with Crippen LogP contribution >= 0.6 is 0 Å². The van der Waals surface area contributed by atoms with E-state index in [1.54, 1.807) is 24.3 Å². The molecule has 0 N–H and O–H groups in total. The van der Waals surface area contributed by atoms with Crippen LogP contribution in [0.2, 0.25) is 0 Å². The summed E-state index contributed by atoms with van der Waals surface area (Å²) < 4.78 is 72.9. The molecular formula is C27H14F3IO7S. The molecule has 0 aliphatic carbocycles. The maximum atomic E-state index is 12.9. The quantitative estimate of drug-likeness (QED) is 0.121. The third kappa shape index (κ3) is 5.40. The van der Waals surface area contributed by atoms with Crippen molar-refractivity contribution in [3.63, 3.8) is 0 Å². The molecule has 0 amide bonds. The van der Waals surface area contributed by atoms with E-state index in [1.807, 2.05) is 60.7 Å². The molecule has 6 aromatic rings. The van der Waals surface area contributed by atoms with Gasteiger partial charge in [0, 0.05) is 12.1 Å². The summed E-state index contributed by atoms with van der Waals surface area (Å²) in [6, 6.07) is 26.2. The van der Waals surface area contributed by atoms with E-state index < -0.39 is 36.8 Å². The van der Waals surface area contributed by atoms with Crippen LogP contribution in [-0.4, -0.2) is 18.5 Å². The lowest BCUT2D eigenvalue weighted by atomic mass is 10.1. The Hall–Kier alpha value is -3.75. The Kier molecular flexibility index (Phi) is 6.95. The maximum absolute atomic E-state index is 12.9. The van der Waals surface area contributed by atoms with Crippen LogP contribution in [0.25, 0.3) is 43.9 Å². The minimum absolute atomic E-state index is 0.0201. The molecule has 0 radical (unpaired) electrons. The van der Waals surface area contributed by atoms with E-state index >= 15 is 0 Å². The molecule has 0 atom stereocenters. The Bertz CT molecular complexity index is 1990. The number of halogens is 4. The third-order valence-electron chi connectivity index (χ3n) is 5.58. The van der Waals surface area contributed by atoms with Crippen LogP contribution in [0, 0.1) is 7.14 Å². The lowest BCUT2D eigenvalue weighted by Gasteiger charge is -2.08. The van der Waals surface area contributed by atoms with Crippen molar-refractivity contribution in [2.45, 2.75) is 5.51 Å². The highest BCUT2D eigenvalue weighted by atomic mass is 127. The van der Waals surface area contributed by atoms with Crippen molar-refractivity contribution in [1.82, 2.24) is 0 Å². The van der Waals surface area contributed by atoms with Gasteiger partial charge in [-0.3, -0.25) is 9.59 Å². The smallest absolute Gasteiger partial charge is 0.485 e. The van der Waals surface area contributed by atoms with Crippen LogP contribution in [0.4, 0.5) is 13.2 Å². The lowest BCUT2D eigenvalue weighted by Crippen LogP contribution is -3.61. The molecule has 0 fully saturated rings. The highest BCUT2D eigenvalue weighted by Gasteiger charge is 2.36. The van der Waals surface area contributed by atoms with Gasteiger partial charge in [0.05, 0.1) is 21.5 Å². The van der Waals surface area contributed by atoms with Gasteiger partial charge in [-0.15, -0.1) is 0 Å². The number of rotatable bonds is 2. The summed E-state index contributed by atoms with van der Waals surface area (Å²) in [5, 5.41) is 2.34. The highest BCUT2D eigenvalue weighted by Crippen LogP contribution is 2.21. The predicted molar refractivity (Wildman–Crippen MR) is 133 cm³/mol. The third-order valence-corrected chi connectivity index (χ3v) is 8.73. The lowest BCUT2D eigenvalue weighted by molar-refractivity contribution is -0.597. The SMILES string of the molecule is O=S(=O)([O-])C(F)(F)F.O=c1c2ccccc2oc2ccc([I+]c3ccc4oc5ccccc5c(=O)c4c3)cc12. The van der Waals surface area contributed by atoms with Gasteiger partial charge in [-0.25, -0.2) is 8.42 Å². The molecule has 0 aliphatic heterocycles. The van der Waals surface area contributed by atoms with Gasteiger partial charge in [-0.1, -0.05) is 24.3 Å². The van der Waals surface area contributed by atoms with Gasteiger partial charge in [0.1, 0.15) is 22.3 Å². The van der Waals surface area contributed by atoms with Crippen molar-refractivity contribution in [2.75, 3.05) is 0 Å². The van der Waals surface area contributed by atoms with Crippen molar-refractivity contribution < 1.29 is 56.2 Å². The van der Waals surface area contributed by atoms with Gasteiger partial charge >= 0.3 is 26.7 Å². The number of hydrogen-bond acceptors (Lipinski definition) is 7. The second-order valence-electron chi connectivity index (χ2n) is 8.13. The van der Waals surface area contributed by atoms with Crippen LogP contribution in [0.15, 0.2) is 103 Å². The first-order chi connectivity index (χ1) is 18.4. The molecule has 2 heterocycles. The minimum atomic E-state index is -6.09. The second-order valence-corrected chi connectivity index (χ2v) is 12.5. The van der Waals surface area contributed by atoms with Gasteiger partial charge in [-0.05, 0) is 48.5 Å². The van der Waals surface area contributed by atoms with E-state index in [0.29, 0.717) is 43.9 Å². The van der Waals surface area contributed by atoms with Crippen LogP contribution in [0.5, 0.6) is 0 Å². The van der Waals surface area contributed by atoms with Crippen LogP contribution in [0.3, 0.4) is 0 Å². The molecule has 0 saturated heterocycles. The van der Waals surface area contributed by atoms with E-state index in [0.717, 1.165) is 7.14 Å². The van der Waals surface area contributed by atoms with Crippen LogP contribution in [0.1, 0.15) is 0 Å². The number of alkyl halides is 3. The van der Waals surface area contributed by atoms with Gasteiger partial charge in [0.2, 0.25) is 10.9 Å². The summed E-state index contributed by atoms with van der Waals surface area (Å²) in [7, 11) is -6.09.